The Hall–Kier alpha value is -1.30. The van der Waals surface area contributed by atoms with Crippen molar-refractivity contribution in [3.63, 3.8) is 0 Å². The first-order valence-electron chi connectivity index (χ1n) is 22.1. The zero-order valence-corrected chi connectivity index (χ0v) is 34.0. The number of hydrogen-bond donors (Lipinski definition) is 4. The van der Waals surface area contributed by atoms with Gasteiger partial charge in [-0.3, -0.25) is 9.59 Å². The van der Waals surface area contributed by atoms with Gasteiger partial charge in [0.25, 0.3) is 0 Å². The van der Waals surface area contributed by atoms with Crippen LogP contribution < -0.4 is 0 Å². The summed E-state index contributed by atoms with van der Waals surface area (Å²) in [5, 5.41) is 40.0. The number of aliphatic hydroxyl groups is 4. The van der Waals surface area contributed by atoms with Crippen LogP contribution in [0.15, 0.2) is 0 Å². The first-order chi connectivity index (χ1) is 25.8. The van der Waals surface area contributed by atoms with Crippen molar-refractivity contribution >= 4 is 11.9 Å². The van der Waals surface area contributed by atoms with Gasteiger partial charge in [0.15, 0.2) is 12.4 Å². The first kappa shape index (κ1) is 49.7. The summed E-state index contributed by atoms with van der Waals surface area (Å²) in [6.07, 6.45) is 26.8. The zero-order valence-electron chi connectivity index (χ0n) is 34.0. The normalized spacial score (nSPS) is 20.8. The molecule has 0 spiro atoms. The summed E-state index contributed by atoms with van der Waals surface area (Å²) in [4.78, 5) is 25.3. The number of carbonyl (C=O) groups is 2. The van der Waals surface area contributed by atoms with E-state index in [4.69, 9.17) is 18.9 Å². The largest absolute Gasteiger partial charge is 0.462 e. The maximum atomic E-state index is 12.7. The fourth-order valence-corrected chi connectivity index (χ4v) is 6.95. The highest BCUT2D eigenvalue weighted by molar-refractivity contribution is 5.70. The fraction of sp³-hybridized carbons (Fsp3) is 0.953. The van der Waals surface area contributed by atoms with Crippen LogP contribution in [-0.4, -0.2) is 89.0 Å². The number of ether oxygens (including phenoxy) is 4. The Kier molecular flexibility index (Phi) is 33.0. The molecule has 0 aromatic heterocycles. The number of unbranched alkanes of at least 4 members (excludes halogenated alkanes) is 26. The molecule has 0 radical (unpaired) electrons. The van der Waals surface area contributed by atoms with Crippen molar-refractivity contribution in [2.75, 3.05) is 19.8 Å². The van der Waals surface area contributed by atoms with Gasteiger partial charge in [-0.05, 0) is 12.8 Å². The van der Waals surface area contributed by atoms with Crippen LogP contribution in [0.2, 0.25) is 0 Å². The van der Waals surface area contributed by atoms with E-state index in [1.54, 1.807) is 0 Å². The fourth-order valence-electron chi connectivity index (χ4n) is 6.95. The summed E-state index contributed by atoms with van der Waals surface area (Å²) in [5.74, 6) is -0.793. The van der Waals surface area contributed by atoms with Crippen molar-refractivity contribution in [3.8, 4) is 0 Å². The van der Waals surface area contributed by atoms with Crippen molar-refractivity contribution < 1.29 is 49.0 Å². The third-order valence-corrected chi connectivity index (χ3v) is 10.5. The highest BCUT2D eigenvalue weighted by Crippen LogP contribution is 2.23. The van der Waals surface area contributed by atoms with Gasteiger partial charge in [0, 0.05) is 12.8 Å². The molecule has 0 aromatic carbocycles. The van der Waals surface area contributed by atoms with Crippen LogP contribution >= 0.6 is 0 Å². The quantitative estimate of drug-likeness (QED) is 0.0357. The van der Waals surface area contributed by atoms with Gasteiger partial charge in [0.1, 0.15) is 31.0 Å². The van der Waals surface area contributed by atoms with Crippen molar-refractivity contribution in [2.45, 2.75) is 243 Å². The topological polar surface area (TPSA) is 152 Å². The lowest BCUT2D eigenvalue weighted by atomic mass is 9.99. The van der Waals surface area contributed by atoms with E-state index in [-0.39, 0.29) is 32.0 Å². The van der Waals surface area contributed by atoms with Gasteiger partial charge in [-0.15, -0.1) is 0 Å². The van der Waals surface area contributed by atoms with Crippen molar-refractivity contribution in [2.24, 2.45) is 0 Å². The molecule has 0 amide bonds. The Morgan fingerprint density at radius 3 is 1.28 bits per heavy atom. The van der Waals surface area contributed by atoms with Gasteiger partial charge in [-0.1, -0.05) is 181 Å². The molecule has 1 rings (SSSR count). The summed E-state index contributed by atoms with van der Waals surface area (Å²) < 4.78 is 22.1. The van der Waals surface area contributed by atoms with Crippen LogP contribution in [0.25, 0.3) is 0 Å². The van der Waals surface area contributed by atoms with Crippen molar-refractivity contribution in [1.29, 1.82) is 0 Å². The standard InChI is InChI=1S/C43H82O10/c1-3-5-7-9-11-13-15-17-18-20-22-24-26-28-30-32-39(46)52-36(35-51-43-42(49)41(48)40(47)37(33-44)53-43)34-50-38(45)31-29-27-25-23-21-19-16-14-12-10-8-6-4-2/h36-37,40-44,47-49H,3-35H2,1-2H3/t36-,37-,40+,41+,42-,43-/m1/s1. The molecular weight excluding hydrogens is 676 g/mol. The predicted octanol–water partition coefficient (Wildman–Crippen LogP) is 9.00. The summed E-state index contributed by atoms with van der Waals surface area (Å²) in [5.41, 5.74) is 0. The minimum absolute atomic E-state index is 0.209. The number of esters is 2. The molecule has 4 N–H and O–H groups in total. The third-order valence-electron chi connectivity index (χ3n) is 10.5. The Labute approximate surface area is 323 Å². The molecule has 0 aliphatic carbocycles. The first-order valence-corrected chi connectivity index (χ1v) is 22.1. The van der Waals surface area contributed by atoms with Crippen LogP contribution in [0.4, 0.5) is 0 Å². The van der Waals surface area contributed by atoms with Gasteiger partial charge in [0.2, 0.25) is 0 Å². The summed E-state index contributed by atoms with van der Waals surface area (Å²) in [6.45, 7) is 3.44. The monoisotopic (exact) mass is 759 g/mol. The maximum absolute atomic E-state index is 12.7. The zero-order chi connectivity index (χ0) is 38.8. The van der Waals surface area contributed by atoms with E-state index in [9.17, 15) is 30.0 Å². The van der Waals surface area contributed by atoms with Crippen LogP contribution in [0.3, 0.4) is 0 Å². The SMILES string of the molecule is CCCCCCCCCCCCCCCCCC(=O)O[C@H](COC(=O)CCCCCCCCCCCCCCC)CO[C@@H]1O[C@H](CO)[C@H](O)[C@H](O)[C@H]1O. The van der Waals surface area contributed by atoms with Crippen LogP contribution in [-0.2, 0) is 28.5 Å². The van der Waals surface area contributed by atoms with E-state index < -0.39 is 49.4 Å². The number of aliphatic hydroxyl groups excluding tert-OH is 4. The van der Waals surface area contributed by atoms with E-state index in [0.717, 1.165) is 38.5 Å². The second kappa shape index (κ2) is 35.1. The van der Waals surface area contributed by atoms with Gasteiger partial charge >= 0.3 is 11.9 Å². The van der Waals surface area contributed by atoms with E-state index >= 15 is 0 Å². The Balaban J connectivity index is 2.32. The Morgan fingerprint density at radius 2 is 0.887 bits per heavy atom. The highest BCUT2D eigenvalue weighted by atomic mass is 16.7. The predicted molar refractivity (Wildman–Crippen MR) is 210 cm³/mol. The molecule has 0 unspecified atom stereocenters. The van der Waals surface area contributed by atoms with E-state index in [1.807, 2.05) is 0 Å². The summed E-state index contributed by atoms with van der Waals surface area (Å²) in [7, 11) is 0. The summed E-state index contributed by atoms with van der Waals surface area (Å²) >= 11 is 0. The number of rotatable bonds is 37. The lowest BCUT2D eigenvalue weighted by Gasteiger charge is -2.39. The minimum Gasteiger partial charge on any atom is -0.462 e. The average Bonchev–Trinajstić information content (AvgIpc) is 3.15. The van der Waals surface area contributed by atoms with Crippen LogP contribution in [0.5, 0.6) is 0 Å². The Morgan fingerprint density at radius 1 is 0.509 bits per heavy atom. The second-order valence-corrected chi connectivity index (χ2v) is 15.5. The molecule has 314 valence electrons. The van der Waals surface area contributed by atoms with Crippen molar-refractivity contribution in [3.05, 3.63) is 0 Å². The molecule has 1 saturated heterocycles. The number of carbonyl (C=O) groups excluding carboxylic acids is 2. The molecule has 53 heavy (non-hydrogen) atoms. The molecule has 0 saturated carbocycles. The molecular formula is C43H82O10. The van der Waals surface area contributed by atoms with E-state index in [1.165, 1.54) is 135 Å². The molecule has 1 aliphatic rings. The van der Waals surface area contributed by atoms with E-state index in [0.29, 0.717) is 6.42 Å². The van der Waals surface area contributed by atoms with Crippen molar-refractivity contribution in [1.82, 2.24) is 0 Å². The minimum atomic E-state index is -1.59. The lowest BCUT2D eigenvalue weighted by Crippen LogP contribution is -2.59. The maximum Gasteiger partial charge on any atom is 0.306 e. The van der Waals surface area contributed by atoms with Gasteiger partial charge < -0.3 is 39.4 Å². The smallest absolute Gasteiger partial charge is 0.306 e. The summed E-state index contributed by atoms with van der Waals surface area (Å²) in [6, 6.07) is 0. The molecule has 1 aliphatic heterocycles. The van der Waals surface area contributed by atoms with Gasteiger partial charge in [-0.2, -0.15) is 0 Å². The molecule has 1 fully saturated rings. The molecule has 0 bridgehead atoms. The molecule has 10 heteroatoms. The average molecular weight is 759 g/mol. The molecule has 10 nitrogen and oxygen atoms in total. The van der Waals surface area contributed by atoms with Gasteiger partial charge in [-0.25, -0.2) is 0 Å². The molecule has 0 aromatic rings. The number of hydrogen-bond acceptors (Lipinski definition) is 10. The van der Waals surface area contributed by atoms with E-state index in [2.05, 4.69) is 13.8 Å². The highest BCUT2D eigenvalue weighted by Gasteiger charge is 2.44. The Bertz CT molecular complexity index is 840. The van der Waals surface area contributed by atoms with Crippen LogP contribution in [0, 0.1) is 0 Å². The van der Waals surface area contributed by atoms with Crippen LogP contribution in [0.1, 0.15) is 206 Å². The lowest BCUT2D eigenvalue weighted by molar-refractivity contribution is -0.305. The molecule has 6 atom stereocenters. The second-order valence-electron chi connectivity index (χ2n) is 15.5. The third kappa shape index (κ3) is 27.0. The van der Waals surface area contributed by atoms with Gasteiger partial charge in [0.05, 0.1) is 13.2 Å². The molecule has 1 heterocycles.